The van der Waals surface area contributed by atoms with Crippen molar-refractivity contribution >= 4 is 17.5 Å². The zero-order chi connectivity index (χ0) is 9.07. The molecule has 1 N–H and O–H groups in total. The van der Waals surface area contributed by atoms with E-state index in [1.807, 2.05) is 27.7 Å². The molecule has 1 atom stereocenters. The average Bonchev–Trinajstić information content (AvgIpc) is 1.82. The van der Waals surface area contributed by atoms with Crippen LogP contribution < -0.4 is 5.32 Å². The molecule has 0 spiro atoms. The van der Waals surface area contributed by atoms with Gasteiger partial charge in [0.25, 0.3) is 0 Å². The summed E-state index contributed by atoms with van der Waals surface area (Å²) < 4.78 is 0. The molecule has 0 saturated heterocycles. The summed E-state index contributed by atoms with van der Waals surface area (Å²) in [6.45, 7) is 7.69. The zero-order valence-corrected chi connectivity index (χ0v) is 8.33. The first-order valence-electron chi connectivity index (χ1n) is 3.83. The Morgan fingerprint density at radius 2 is 2.00 bits per heavy atom. The minimum Gasteiger partial charge on any atom is -0.350 e. The molecule has 0 aromatic rings. The Bertz CT molecular complexity index is 140. The summed E-state index contributed by atoms with van der Waals surface area (Å²) in [5.41, 5.74) is -0.181. The van der Waals surface area contributed by atoms with Crippen LogP contribution in [0.3, 0.4) is 0 Å². The molecule has 0 aliphatic rings. The molecular formula is C8H16ClNO. The van der Waals surface area contributed by atoms with Crippen molar-refractivity contribution < 1.29 is 4.79 Å². The van der Waals surface area contributed by atoms with E-state index in [0.29, 0.717) is 6.42 Å². The van der Waals surface area contributed by atoms with E-state index in [1.54, 1.807) is 0 Å². The number of amides is 1. The second kappa shape index (κ2) is 3.96. The van der Waals surface area contributed by atoms with E-state index in [0.717, 1.165) is 0 Å². The zero-order valence-electron chi connectivity index (χ0n) is 7.57. The van der Waals surface area contributed by atoms with Crippen LogP contribution in [0.2, 0.25) is 0 Å². The maximum Gasteiger partial charge on any atom is 0.238 e. The van der Waals surface area contributed by atoms with Crippen molar-refractivity contribution in [3.63, 3.8) is 0 Å². The fraction of sp³-hybridized carbons (Fsp3) is 0.875. The lowest BCUT2D eigenvalue weighted by Gasteiger charge is -2.21. The molecule has 1 unspecified atom stereocenters. The first-order chi connectivity index (χ1) is 4.87. The molecule has 66 valence electrons. The molecule has 3 heteroatoms. The second-order valence-electron chi connectivity index (χ2n) is 3.62. The Labute approximate surface area is 73.3 Å². The Kier molecular flexibility index (Phi) is 3.87. The van der Waals surface area contributed by atoms with Gasteiger partial charge in [-0.2, -0.15) is 0 Å². The number of hydrogen-bond donors (Lipinski definition) is 1. The number of halogens is 1. The van der Waals surface area contributed by atoms with Crippen LogP contribution in [-0.4, -0.2) is 16.8 Å². The predicted molar refractivity (Wildman–Crippen MR) is 47.8 cm³/mol. The summed E-state index contributed by atoms with van der Waals surface area (Å²) in [6.07, 6.45) is 0.670. The number of carbonyl (C=O) groups is 1. The Morgan fingerprint density at radius 1 is 1.55 bits per heavy atom. The summed E-state index contributed by atoms with van der Waals surface area (Å²) in [6, 6.07) is 0. The van der Waals surface area contributed by atoms with Gasteiger partial charge in [0.05, 0.1) is 0 Å². The van der Waals surface area contributed by atoms with Crippen LogP contribution in [0.1, 0.15) is 34.1 Å². The molecule has 0 aliphatic carbocycles. The molecule has 11 heavy (non-hydrogen) atoms. The van der Waals surface area contributed by atoms with Crippen molar-refractivity contribution in [3.8, 4) is 0 Å². The molecule has 0 saturated carbocycles. The van der Waals surface area contributed by atoms with Crippen LogP contribution in [0, 0.1) is 0 Å². The van der Waals surface area contributed by atoms with E-state index in [1.165, 1.54) is 0 Å². The number of hydrogen-bond acceptors (Lipinski definition) is 1. The van der Waals surface area contributed by atoms with E-state index < -0.39 is 5.38 Å². The summed E-state index contributed by atoms with van der Waals surface area (Å²) >= 11 is 5.71. The van der Waals surface area contributed by atoms with Gasteiger partial charge < -0.3 is 5.32 Å². The Hall–Kier alpha value is -0.240. The van der Waals surface area contributed by atoms with Gasteiger partial charge in [-0.25, -0.2) is 0 Å². The first-order valence-corrected chi connectivity index (χ1v) is 4.26. The summed E-state index contributed by atoms with van der Waals surface area (Å²) in [5, 5.41) is 2.40. The lowest BCUT2D eigenvalue weighted by Crippen LogP contribution is -2.44. The summed E-state index contributed by atoms with van der Waals surface area (Å²) in [5.74, 6) is -0.0818. The van der Waals surface area contributed by atoms with Gasteiger partial charge in [0, 0.05) is 5.54 Å². The number of alkyl halides is 1. The minimum atomic E-state index is -0.394. The van der Waals surface area contributed by atoms with Crippen molar-refractivity contribution in [2.24, 2.45) is 0 Å². The summed E-state index contributed by atoms with van der Waals surface area (Å²) in [7, 11) is 0. The van der Waals surface area contributed by atoms with Gasteiger partial charge in [-0.1, -0.05) is 6.92 Å². The van der Waals surface area contributed by atoms with Crippen LogP contribution in [0.15, 0.2) is 0 Å². The first kappa shape index (κ1) is 10.8. The molecule has 2 nitrogen and oxygen atoms in total. The average molecular weight is 178 g/mol. The van der Waals surface area contributed by atoms with Crippen molar-refractivity contribution in [3.05, 3.63) is 0 Å². The highest BCUT2D eigenvalue weighted by Gasteiger charge is 2.18. The predicted octanol–water partition coefficient (Wildman–Crippen LogP) is 1.92. The second-order valence-corrected chi connectivity index (χ2v) is 4.14. The van der Waals surface area contributed by atoms with Gasteiger partial charge in [0.1, 0.15) is 5.38 Å². The van der Waals surface area contributed by atoms with Crippen LogP contribution >= 0.6 is 11.6 Å². The van der Waals surface area contributed by atoms with Crippen molar-refractivity contribution in [2.45, 2.75) is 45.0 Å². The highest BCUT2D eigenvalue weighted by Crippen LogP contribution is 2.05. The fourth-order valence-electron chi connectivity index (χ4n) is 0.633. The Morgan fingerprint density at radius 3 is 2.27 bits per heavy atom. The lowest BCUT2D eigenvalue weighted by atomic mass is 10.1. The van der Waals surface area contributed by atoms with E-state index in [-0.39, 0.29) is 11.4 Å². The van der Waals surface area contributed by atoms with Crippen molar-refractivity contribution in [2.75, 3.05) is 0 Å². The molecule has 0 aromatic heterocycles. The summed E-state index contributed by atoms with van der Waals surface area (Å²) in [4.78, 5) is 11.1. The van der Waals surface area contributed by atoms with Gasteiger partial charge in [-0.3, -0.25) is 4.79 Å². The third kappa shape index (κ3) is 5.08. The molecule has 0 aromatic carbocycles. The van der Waals surface area contributed by atoms with Crippen LogP contribution in [0.25, 0.3) is 0 Å². The van der Waals surface area contributed by atoms with E-state index in [2.05, 4.69) is 5.32 Å². The van der Waals surface area contributed by atoms with Gasteiger partial charge in [0.2, 0.25) is 5.91 Å². The maximum atomic E-state index is 11.1. The third-order valence-electron chi connectivity index (χ3n) is 1.14. The van der Waals surface area contributed by atoms with Gasteiger partial charge in [-0.05, 0) is 27.2 Å². The normalized spacial score (nSPS) is 14.3. The van der Waals surface area contributed by atoms with Crippen molar-refractivity contribution in [1.82, 2.24) is 5.32 Å². The topological polar surface area (TPSA) is 29.1 Å². The lowest BCUT2D eigenvalue weighted by molar-refractivity contribution is -0.122. The fourth-order valence-corrected chi connectivity index (χ4v) is 0.688. The Balaban J connectivity index is 3.88. The monoisotopic (exact) mass is 177 g/mol. The van der Waals surface area contributed by atoms with Crippen LogP contribution in [0.5, 0.6) is 0 Å². The van der Waals surface area contributed by atoms with E-state index >= 15 is 0 Å². The number of carbonyl (C=O) groups excluding carboxylic acids is 1. The molecular weight excluding hydrogens is 162 g/mol. The molecule has 0 aliphatic heterocycles. The van der Waals surface area contributed by atoms with Gasteiger partial charge in [0.15, 0.2) is 0 Å². The number of nitrogens with one attached hydrogen (secondary N) is 1. The largest absolute Gasteiger partial charge is 0.350 e. The van der Waals surface area contributed by atoms with Crippen LogP contribution in [0.4, 0.5) is 0 Å². The van der Waals surface area contributed by atoms with E-state index in [9.17, 15) is 4.79 Å². The van der Waals surface area contributed by atoms with Gasteiger partial charge >= 0.3 is 0 Å². The highest BCUT2D eigenvalue weighted by atomic mass is 35.5. The molecule has 0 heterocycles. The third-order valence-corrected chi connectivity index (χ3v) is 1.65. The smallest absolute Gasteiger partial charge is 0.238 e. The molecule has 0 fully saturated rings. The molecule has 0 radical (unpaired) electrons. The SMILES string of the molecule is CCC(Cl)C(=O)NC(C)(C)C. The molecule has 0 rings (SSSR count). The standard InChI is InChI=1S/C8H16ClNO/c1-5-6(9)7(11)10-8(2,3)4/h6H,5H2,1-4H3,(H,10,11). The maximum absolute atomic E-state index is 11.1. The number of rotatable bonds is 2. The quantitative estimate of drug-likeness (QED) is 0.642. The molecule has 0 bridgehead atoms. The highest BCUT2D eigenvalue weighted by molar-refractivity contribution is 6.30. The van der Waals surface area contributed by atoms with Crippen molar-refractivity contribution in [1.29, 1.82) is 0 Å². The van der Waals surface area contributed by atoms with Gasteiger partial charge in [-0.15, -0.1) is 11.6 Å². The van der Waals surface area contributed by atoms with Crippen LogP contribution in [-0.2, 0) is 4.79 Å². The van der Waals surface area contributed by atoms with E-state index in [4.69, 9.17) is 11.6 Å². The minimum absolute atomic E-state index is 0.0818. The molecule has 1 amide bonds.